The normalized spacial score (nSPS) is 14.1. The van der Waals surface area contributed by atoms with Crippen LogP contribution in [0.5, 0.6) is 0 Å². The molecule has 1 amide bonds. The standard InChI is InChI=1S/C13H21N3O/c1-4-12(11-5-7-15-8-6-11)16(3)13(17)9-10(2)14/h5-8,10,12H,4,9,14H2,1-3H3. The Balaban J connectivity index is 2.77. The first-order chi connectivity index (χ1) is 8.06. The summed E-state index contributed by atoms with van der Waals surface area (Å²) in [6, 6.07) is 3.90. The van der Waals surface area contributed by atoms with Gasteiger partial charge in [-0.05, 0) is 31.0 Å². The lowest BCUT2D eigenvalue weighted by atomic mass is 10.0. The second kappa shape index (κ2) is 6.35. The molecule has 2 N–H and O–H groups in total. The lowest BCUT2D eigenvalue weighted by Gasteiger charge is -2.28. The molecule has 4 nitrogen and oxygen atoms in total. The predicted octanol–water partition coefficient (Wildman–Crippen LogP) is 1.73. The van der Waals surface area contributed by atoms with Gasteiger partial charge in [0.2, 0.25) is 5.91 Å². The largest absolute Gasteiger partial charge is 0.339 e. The predicted molar refractivity (Wildman–Crippen MR) is 68.3 cm³/mol. The maximum Gasteiger partial charge on any atom is 0.224 e. The number of carbonyl (C=O) groups is 1. The molecule has 0 aromatic carbocycles. The number of hydrogen-bond acceptors (Lipinski definition) is 3. The van der Waals surface area contributed by atoms with Crippen LogP contribution in [0.15, 0.2) is 24.5 Å². The number of aromatic nitrogens is 1. The Morgan fingerprint density at radius 2 is 2.06 bits per heavy atom. The molecule has 0 saturated heterocycles. The highest BCUT2D eigenvalue weighted by molar-refractivity contribution is 5.77. The molecule has 0 saturated carbocycles. The third-order valence-electron chi connectivity index (χ3n) is 2.84. The zero-order valence-electron chi connectivity index (χ0n) is 10.8. The minimum Gasteiger partial charge on any atom is -0.339 e. The fourth-order valence-corrected chi connectivity index (χ4v) is 1.91. The van der Waals surface area contributed by atoms with Crippen LogP contribution in [0.4, 0.5) is 0 Å². The minimum atomic E-state index is -0.0973. The first kappa shape index (κ1) is 13.6. The third-order valence-corrected chi connectivity index (χ3v) is 2.84. The van der Waals surface area contributed by atoms with Gasteiger partial charge in [-0.2, -0.15) is 0 Å². The van der Waals surface area contributed by atoms with Crippen LogP contribution in [-0.2, 0) is 4.79 Å². The van der Waals surface area contributed by atoms with Gasteiger partial charge in [0, 0.05) is 31.9 Å². The Kier molecular flexibility index (Phi) is 5.10. The maximum atomic E-state index is 12.0. The van der Waals surface area contributed by atoms with Crippen molar-refractivity contribution < 1.29 is 4.79 Å². The average molecular weight is 235 g/mol. The van der Waals surface area contributed by atoms with Crippen molar-refractivity contribution in [3.8, 4) is 0 Å². The Bertz CT molecular complexity index is 351. The van der Waals surface area contributed by atoms with Gasteiger partial charge in [0.25, 0.3) is 0 Å². The van der Waals surface area contributed by atoms with E-state index >= 15 is 0 Å². The molecule has 0 spiro atoms. The van der Waals surface area contributed by atoms with Crippen molar-refractivity contribution in [2.24, 2.45) is 5.73 Å². The molecule has 1 aromatic heterocycles. The van der Waals surface area contributed by atoms with Gasteiger partial charge in [-0.15, -0.1) is 0 Å². The highest BCUT2D eigenvalue weighted by Crippen LogP contribution is 2.22. The molecule has 2 unspecified atom stereocenters. The van der Waals surface area contributed by atoms with Crippen molar-refractivity contribution in [3.63, 3.8) is 0 Å². The fourth-order valence-electron chi connectivity index (χ4n) is 1.91. The van der Waals surface area contributed by atoms with E-state index in [1.807, 2.05) is 26.1 Å². The molecule has 2 atom stereocenters. The number of amides is 1. The van der Waals surface area contributed by atoms with Crippen LogP contribution in [0.1, 0.15) is 38.3 Å². The van der Waals surface area contributed by atoms with Crippen LogP contribution in [0.25, 0.3) is 0 Å². The first-order valence-corrected chi connectivity index (χ1v) is 5.97. The lowest BCUT2D eigenvalue weighted by Crippen LogP contribution is -2.34. The number of hydrogen-bond donors (Lipinski definition) is 1. The molecule has 0 aliphatic rings. The summed E-state index contributed by atoms with van der Waals surface area (Å²) in [4.78, 5) is 17.7. The van der Waals surface area contributed by atoms with Crippen molar-refractivity contribution in [3.05, 3.63) is 30.1 Å². The van der Waals surface area contributed by atoms with E-state index in [1.54, 1.807) is 17.3 Å². The Labute approximate surface area is 103 Å². The summed E-state index contributed by atoms with van der Waals surface area (Å²) in [7, 11) is 1.83. The van der Waals surface area contributed by atoms with E-state index in [-0.39, 0.29) is 18.0 Å². The van der Waals surface area contributed by atoms with Crippen LogP contribution in [0.3, 0.4) is 0 Å². The molecule has 0 aliphatic heterocycles. The van der Waals surface area contributed by atoms with E-state index in [0.717, 1.165) is 12.0 Å². The Morgan fingerprint density at radius 3 is 2.53 bits per heavy atom. The van der Waals surface area contributed by atoms with Gasteiger partial charge in [0.05, 0.1) is 6.04 Å². The zero-order chi connectivity index (χ0) is 12.8. The van der Waals surface area contributed by atoms with Gasteiger partial charge in [-0.3, -0.25) is 9.78 Å². The van der Waals surface area contributed by atoms with Crippen molar-refractivity contribution in [2.75, 3.05) is 7.05 Å². The van der Waals surface area contributed by atoms with E-state index in [1.165, 1.54) is 0 Å². The van der Waals surface area contributed by atoms with E-state index in [9.17, 15) is 4.79 Å². The van der Waals surface area contributed by atoms with E-state index in [2.05, 4.69) is 11.9 Å². The molecular weight excluding hydrogens is 214 g/mol. The second-order valence-corrected chi connectivity index (χ2v) is 4.39. The van der Waals surface area contributed by atoms with Gasteiger partial charge < -0.3 is 10.6 Å². The van der Waals surface area contributed by atoms with Gasteiger partial charge in [0.15, 0.2) is 0 Å². The topological polar surface area (TPSA) is 59.2 Å². The summed E-state index contributed by atoms with van der Waals surface area (Å²) in [5.74, 6) is 0.0867. The number of pyridine rings is 1. The summed E-state index contributed by atoms with van der Waals surface area (Å²) in [5.41, 5.74) is 6.77. The Morgan fingerprint density at radius 1 is 1.47 bits per heavy atom. The molecule has 4 heteroatoms. The van der Waals surface area contributed by atoms with Crippen LogP contribution >= 0.6 is 0 Å². The van der Waals surface area contributed by atoms with E-state index < -0.39 is 0 Å². The lowest BCUT2D eigenvalue weighted by molar-refractivity contribution is -0.132. The van der Waals surface area contributed by atoms with Crippen molar-refractivity contribution in [1.82, 2.24) is 9.88 Å². The molecule has 17 heavy (non-hydrogen) atoms. The van der Waals surface area contributed by atoms with Crippen LogP contribution in [0, 0.1) is 0 Å². The van der Waals surface area contributed by atoms with Crippen LogP contribution < -0.4 is 5.73 Å². The van der Waals surface area contributed by atoms with Gasteiger partial charge in [0.1, 0.15) is 0 Å². The van der Waals surface area contributed by atoms with Gasteiger partial charge in [-0.25, -0.2) is 0 Å². The SMILES string of the molecule is CCC(c1ccncc1)N(C)C(=O)CC(C)N. The molecular formula is C13H21N3O. The van der Waals surface area contributed by atoms with E-state index in [4.69, 9.17) is 5.73 Å². The summed E-state index contributed by atoms with van der Waals surface area (Å²) in [6.07, 6.45) is 4.77. The monoisotopic (exact) mass is 235 g/mol. The van der Waals surface area contributed by atoms with Gasteiger partial charge >= 0.3 is 0 Å². The fraction of sp³-hybridized carbons (Fsp3) is 0.538. The summed E-state index contributed by atoms with van der Waals surface area (Å²) >= 11 is 0. The summed E-state index contributed by atoms with van der Waals surface area (Å²) in [6.45, 7) is 3.92. The molecule has 1 heterocycles. The molecule has 1 aromatic rings. The first-order valence-electron chi connectivity index (χ1n) is 5.97. The zero-order valence-corrected chi connectivity index (χ0v) is 10.8. The molecule has 1 rings (SSSR count). The average Bonchev–Trinajstić information content (AvgIpc) is 2.30. The smallest absolute Gasteiger partial charge is 0.224 e. The third kappa shape index (κ3) is 3.82. The number of carbonyl (C=O) groups excluding carboxylic acids is 1. The summed E-state index contributed by atoms with van der Waals surface area (Å²) in [5, 5.41) is 0. The van der Waals surface area contributed by atoms with Crippen LogP contribution in [0.2, 0.25) is 0 Å². The molecule has 0 bridgehead atoms. The van der Waals surface area contributed by atoms with Crippen molar-refractivity contribution in [2.45, 2.75) is 38.8 Å². The highest BCUT2D eigenvalue weighted by Gasteiger charge is 2.20. The molecule has 0 aliphatic carbocycles. The van der Waals surface area contributed by atoms with Crippen molar-refractivity contribution in [1.29, 1.82) is 0 Å². The minimum absolute atomic E-state index is 0.0867. The molecule has 0 radical (unpaired) electrons. The Hall–Kier alpha value is -1.42. The molecule has 94 valence electrons. The van der Waals surface area contributed by atoms with Gasteiger partial charge in [-0.1, -0.05) is 6.92 Å². The second-order valence-electron chi connectivity index (χ2n) is 4.39. The number of rotatable bonds is 5. The maximum absolute atomic E-state index is 12.0. The molecule has 0 fully saturated rings. The van der Waals surface area contributed by atoms with Crippen LogP contribution in [-0.4, -0.2) is 28.9 Å². The van der Waals surface area contributed by atoms with Crippen molar-refractivity contribution >= 4 is 5.91 Å². The summed E-state index contributed by atoms with van der Waals surface area (Å²) < 4.78 is 0. The number of nitrogens with two attached hydrogens (primary N) is 1. The van der Waals surface area contributed by atoms with E-state index in [0.29, 0.717) is 6.42 Å². The number of nitrogens with zero attached hydrogens (tertiary/aromatic N) is 2. The highest BCUT2D eigenvalue weighted by atomic mass is 16.2. The quantitative estimate of drug-likeness (QED) is 0.845.